The van der Waals surface area contributed by atoms with E-state index in [2.05, 4.69) is 4.74 Å². The SMILES string of the molecule is CCOC(=O)/C=C/OC(=O)[C@@H]1CCCN1C(=O)CN. The number of rotatable bonds is 5. The lowest BCUT2D eigenvalue weighted by Crippen LogP contribution is -2.43. The first-order chi connectivity index (χ1) is 9.10. The molecule has 0 radical (unpaired) electrons. The second-order valence-corrected chi connectivity index (χ2v) is 3.94. The molecule has 2 N–H and O–H groups in total. The summed E-state index contributed by atoms with van der Waals surface area (Å²) in [6.07, 6.45) is 3.26. The summed E-state index contributed by atoms with van der Waals surface area (Å²) in [5, 5.41) is 0. The molecule has 1 rings (SSSR count). The first kappa shape index (κ1) is 15.2. The summed E-state index contributed by atoms with van der Waals surface area (Å²) in [6.45, 7) is 2.28. The van der Waals surface area contributed by atoms with Crippen LogP contribution >= 0.6 is 0 Å². The highest BCUT2D eigenvalue weighted by Crippen LogP contribution is 2.18. The highest BCUT2D eigenvalue weighted by Gasteiger charge is 2.34. The third-order valence-electron chi connectivity index (χ3n) is 2.69. The molecule has 0 unspecified atom stereocenters. The molecule has 106 valence electrons. The zero-order chi connectivity index (χ0) is 14.3. The van der Waals surface area contributed by atoms with Gasteiger partial charge in [0.25, 0.3) is 0 Å². The molecule has 1 saturated heterocycles. The lowest BCUT2D eigenvalue weighted by molar-refractivity contribution is -0.148. The lowest BCUT2D eigenvalue weighted by atomic mass is 10.2. The predicted octanol–water partition coefficient (Wildman–Crippen LogP) is -0.444. The largest absolute Gasteiger partial charge is 0.463 e. The van der Waals surface area contributed by atoms with Crippen LogP contribution in [0, 0.1) is 0 Å². The van der Waals surface area contributed by atoms with E-state index in [1.165, 1.54) is 4.90 Å². The minimum Gasteiger partial charge on any atom is -0.463 e. The van der Waals surface area contributed by atoms with Crippen molar-refractivity contribution in [3.05, 3.63) is 12.3 Å². The molecule has 0 aromatic rings. The van der Waals surface area contributed by atoms with E-state index in [0.29, 0.717) is 13.0 Å². The van der Waals surface area contributed by atoms with Gasteiger partial charge in [-0.15, -0.1) is 0 Å². The van der Waals surface area contributed by atoms with Gasteiger partial charge in [-0.25, -0.2) is 9.59 Å². The highest BCUT2D eigenvalue weighted by molar-refractivity contribution is 5.87. The molecule has 0 aliphatic carbocycles. The van der Waals surface area contributed by atoms with Gasteiger partial charge in [0, 0.05) is 6.54 Å². The topological polar surface area (TPSA) is 98.9 Å². The zero-order valence-electron chi connectivity index (χ0n) is 10.8. The van der Waals surface area contributed by atoms with Gasteiger partial charge in [-0.3, -0.25) is 4.79 Å². The summed E-state index contributed by atoms with van der Waals surface area (Å²) in [7, 11) is 0. The molecule has 0 saturated carbocycles. The Kier molecular flexibility index (Phi) is 6.01. The summed E-state index contributed by atoms with van der Waals surface area (Å²) in [4.78, 5) is 35.6. The van der Waals surface area contributed by atoms with E-state index in [0.717, 1.165) is 18.8 Å². The van der Waals surface area contributed by atoms with Crippen LogP contribution in [0.2, 0.25) is 0 Å². The van der Waals surface area contributed by atoms with Crippen LogP contribution in [-0.2, 0) is 23.9 Å². The number of carbonyl (C=O) groups is 3. The molecule has 19 heavy (non-hydrogen) atoms. The Morgan fingerprint density at radius 3 is 2.79 bits per heavy atom. The molecule has 1 aliphatic heterocycles. The number of nitrogens with zero attached hydrogens (tertiary/aromatic N) is 1. The predicted molar refractivity (Wildman–Crippen MR) is 65.7 cm³/mol. The molecule has 7 heteroatoms. The number of hydrogen-bond donors (Lipinski definition) is 1. The first-order valence-corrected chi connectivity index (χ1v) is 6.13. The van der Waals surface area contributed by atoms with Gasteiger partial charge < -0.3 is 20.1 Å². The van der Waals surface area contributed by atoms with Crippen LogP contribution in [0.4, 0.5) is 0 Å². The number of carbonyl (C=O) groups excluding carboxylic acids is 3. The molecule has 0 aromatic carbocycles. The molecule has 1 fully saturated rings. The second-order valence-electron chi connectivity index (χ2n) is 3.94. The maximum Gasteiger partial charge on any atom is 0.333 e. The standard InChI is InChI=1S/C12H18N2O5/c1-2-18-11(16)5-7-19-12(17)9-4-3-6-14(9)10(15)8-13/h5,7,9H,2-4,6,8,13H2,1H3/b7-5+/t9-/m0/s1. The van der Waals surface area contributed by atoms with Crippen molar-refractivity contribution >= 4 is 17.8 Å². The summed E-state index contributed by atoms with van der Waals surface area (Å²) < 4.78 is 9.44. The number of ether oxygens (including phenoxy) is 2. The van der Waals surface area contributed by atoms with E-state index in [1.54, 1.807) is 6.92 Å². The Labute approximate surface area is 111 Å². The molecular weight excluding hydrogens is 252 g/mol. The third-order valence-corrected chi connectivity index (χ3v) is 2.69. The summed E-state index contributed by atoms with van der Waals surface area (Å²) >= 11 is 0. The van der Waals surface area contributed by atoms with Crippen molar-refractivity contribution in [3.8, 4) is 0 Å². The Morgan fingerprint density at radius 1 is 1.42 bits per heavy atom. The number of likely N-dealkylation sites (tertiary alicyclic amines) is 1. The van der Waals surface area contributed by atoms with Crippen LogP contribution < -0.4 is 5.73 Å². The summed E-state index contributed by atoms with van der Waals surface area (Å²) in [5.74, 6) is -1.44. The van der Waals surface area contributed by atoms with Crippen LogP contribution in [0.25, 0.3) is 0 Å². The van der Waals surface area contributed by atoms with Gasteiger partial charge in [-0.05, 0) is 19.8 Å². The maximum atomic E-state index is 11.8. The van der Waals surface area contributed by atoms with Gasteiger partial charge in [0.1, 0.15) is 12.3 Å². The van der Waals surface area contributed by atoms with Crippen LogP contribution in [0.1, 0.15) is 19.8 Å². The Bertz CT molecular complexity index is 380. The number of hydrogen-bond acceptors (Lipinski definition) is 6. The fourth-order valence-corrected chi connectivity index (χ4v) is 1.85. The van der Waals surface area contributed by atoms with Gasteiger partial charge >= 0.3 is 11.9 Å². The van der Waals surface area contributed by atoms with Crippen LogP contribution in [0.3, 0.4) is 0 Å². The fraction of sp³-hybridized carbons (Fsp3) is 0.583. The van der Waals surface area contributed by atoms with E-state index >= 15 is 0 Å². The van der Waals surface area contributed by atoms with Crippen molar-refractivity contribution in [3.63, 3.8) is 0 Å². The Morgan fingerprint density at radius 2 is 2.16 bits per heavy atom. The van der Waals surface area contributed by atoms with Crippen LogP contribution in [0.5, 0.6) is 0 Å². The molecule has 1 atom stereocenters. The summed E-state index contributed by atoms with van der Waals surface area (Å²) in [5.41, 5.74) is 5.27. The second kappa shape index (κ2) is 7.52. The van der Waals surface area contributed by atoms with Gasteiger partial charge in [-0.1, -0.05) is 0 Å². The summed E-state index contributed by atoms with van der Waals surface area (Å²) in [6, 6.07) is -0.622. The minimum absolute atomic E-state index is 0.136. The highest BCUT2D eigenvalue weighted by atomic mass is 16.5. The molecule has 0 aromatic heterocycles. The molecule has 0 spiro atoms. The van der Waals surface area contributed by atoms with Crippen molar-refractivity contribution in [2.45, 2.75) is 25.8 Å². The quantitative estimate of drug-likeness (QED) is 0.413. The van der Waals surface area contributed by atoms with Crippen molar-refractivity contribution in [2.24, 2.45) is 5.73 Å². The smallest absolute Gasteiger partial charge is 0.333 e. The van der Waals surface area contributed by atoms with E-state index in [9.17, 15) is 14.4 Å². The fourth-order valence-electron chi connectivity index (χ4n) is 1.85. The van der Waals surface area contributed by atoms with E-state index in [4.69, 9.17) is 10.5 Å². The number of esters is 2. The average Bonchev–Trinajstić information content (AvgIpc) is 2.87. The van der Waals surface area contributed by atoms with Gasteiger partial charge in [-0.2, -0.15) is 0 Å². The van der Waals surface area contributed by atoms with Crippen molar-refractivity contribution in [1.82, 2.24) is 4.90 Å². The normalized spacial score (nSPS) is 18.6. The molecule has 1 amide bonds. The Hall–Kier alpha value is -1.89. The van der Waals surface area contributed by atoms with Crippen molar-refractivity contribution in [2.75, 3.05) is 19.7 Å². The Balaban J connectivity index is 2.49. The van der Waals surface area contributed by atoms with Crippen molar-refractivity contribution < 1.29 is 23.9 Å². The lowest BCUT2D eigenvalue weighted by Gasteiger charge is -2.21. The van der Waals surface area contributed by atoms with Crippen LogP contribution in [0.15, 0.2) is 12.3 Å². The number of nitrogens with two attached hydrogens (primary N) is 1. The monoisotopic (exact) mass is 270 g/mol. The molecule has 0 bridgehead atoms. The van der Waals surface area contributed by atoms with Gasteiger partial charge in [0.15, 0.2) is 0 Å². The van der Waals surface area contributed by atoms with E-state index < -0.39 is 18.0 Å². The minimum atomic E-state index is -0.622. The zero-order valence-corrected chi connectivity index (χ0v) is 10.8. The first-order valence-electron chi connectivity index (χ1n) is 6.13. The average molecular weight is 270 g/mol. The van der Waals surface area contributed by atoms with E-state index in [1.807, 2.05) is 0 Å². The maximum absolute atomic E-state index is 11.8. The number of amides is 1. The molecule has 7 nitrogen and oxygen atoms in total. The molecule has 1 aliphatic rings. The third kappa shape index (κ3) is 4.36. The molecular formula is C12H18N2O5. The van der Waals surface area contributed by atoms with Crippen LogP contribution in [-0.4, -0.2) is 48.5 Å². The molecule has 1 heterocycles. The van der Waals surface area contributed by atoms with Gasteiger partial charge in [0.2, 0.25) is 5.91 Å². The van der Waals surface area contributed by atoms with Gasteiger partial charge in [0.05, 0.1) is 19.2 Å². The van der Waals surface area contributed by atoms with E-state index in [-0.39, 0.29) is 19.1 Å². The van der Waals surface area contributed by atoms with Crippen molar-refractivity contribution in [1.29, 1.82) is 0 Å².